The van der Waals surface area contributed by atoms with Gasteiger partial charge in [0.1, 0.15) is 6.10 Å². The van der Waals surface area contributed by atoms with Crippen molar-refractivity contribution in [3.05, 3.63) is 35.4 Å². The molecule has 0 amide bonds. The Morgan fingerprint density at radius 2 is 1.83 bits per heavy atom. The van der Waals surface area contributed by atoms with Gasteiger partial charge in [-0.05, 0) is 38.2 Å². The summed E-state index contributed by atoms with van der Waals surface area (Å²) in [6.07, 6.45) is 2.71. The van der Waals surface area contributed by atoms with Crippen LogP contribution < -0.4 is 0 Å². The lowest BCUT2D eigenvalue weighted by Gasteiger charge is -2.36. The highest BCUT2D eigenvalue weighted by atomic mass is 16.5. The van der Waals surface area contributed by atoms with Crippen LogP contribution in [0.1, 0.15) is 43.7 Å². The Balaban J connectivity index is 2.02. The zero-order chi connectivity index (χ0) is 13.2. The van der Waals surface area contributed by atoms with Gasteiger partial charge in [-0.1, -0.05) is 29.8 Å². The van der Waals surface area contributed by atoms with Crippen molar-refractivity contribution in [1.29, 1.82) is 0 Å². The standard InChI is InChI=1S/C15H20O3/c1-11-3-5-13(6-4-11)15(17)9-7-14(8-10-15)18-12(2)16/h3-6,14,17H,7-10H2,1-2H3. The molecule has 1 aliphatic rings. The van der Waals surface area contributed by atoms with Gasteiger partial charge in [-0.15, -0.1) is 0 Å². The van der Waals surface area contributed by atoms with Crippen molar-refractivity contribution in [2.75, 3.05) is 0 Å². The van der Waals surface area contributed by atoms with Gasteiger partial charge in [-0.25, -0.2) is 0 Å². The van der Waals surface area contributed by atoms with E-state index in [2.05, 4.69) is 0 Å². The number of aliphatic hydroxyl groups is 1. The van der Waals surface area contributed by atoms with E-state index in [4.69, 9.17) is 4.74 Å². The van der Waals surface area contributed by atoms with Gasteiger partial charge in [-0.3, -0.25) is 4.79 Å². The molecule has 0 aliphatic heterocycles. The monoisotopic (exact) mass is 248 g/mol. The second-order valence-corrected chi connectivity index (χ2v) is 5.21. The third kappa shape index (κ3) is 2.91. The average Bonchev–Trinajstić information content (AvgIpc) is 2.32. The molecule has 0 unspecified atom stereocenters. The van der Waals surface area contributed by atoms with E-state index in [0.29, 0.717) is 12.8 Å². The van der Waals surface area contributed by atoms with E-state index in [9.17, 15) is 9.90 Å². The summed E-state index contributed by atoms with van der Waals surface area (Å²) in [5.41, 5.74) is 1.40. The first-order valence-electron chi connectivity index (χ1n) is 6.46. The van der Waals surface area contributed by atoms with Crippen LogP contribution in [0.3, 0.4) is 0 Å². The molecule has 2 rings (SSSR count). The fourth-order valence-corrected chi connectivity index (χ4v) is 2.57. The Labute approximate surface area is 108 Å². The molecule has 18 heavy (non-hydrogen) atoms. The Hall–Kier alpha value is -1.35. The van der Waals surface area contributed by atoms with Gasteiger partial charge in [0.25, 0.3) is 0 Å². The van der Waals surface area contributed by atoms with E-state index in [0.717, 1.165) is 18.4 Å². The maximum absolute atomic E-state index is 10.9. The summed E-state index contributed by atoms with van der Waals surface area (Å²) in [6.45, 7) is 3.46. The predicted octanol–water partition coefficient (Wildman–Crippen LogP) is 2.69. The second kappa shape index (κ2) is 5.11. The lowest BCUT2D eigenvalue weighted by Crippen LogP contribution is -2.34. The van der Waals surface area contributed by atoms with Crippen molar-refractivity contribution in [1.82, 2.24) is 0 Å². The summed E-state index contributed by atoms with van der Waals surface area (Å²) in [7, 11) is 0. The minimum Gasteiger partial charge on any atom is -0.463 e. The number of aryl methyl sites for hydroxylation is 1. The number of benzene rings is 1. The van der Waals surface area contributed by atoms with Gasteiger partial charge >= 0.3 is 5.97 Å². The number of hydrogen-bond donors (Lipinski definition) is 1. The molecule has 3 heteroatoms. The smallest absolute Gasteiger partial charge is 0.302 e. The van der Waals surface area contributed by atoms with Crippen LogP contribution in [0, 0.1) is 6.92 Å². The molecular formula is C15H20O3. The summed E-state index contributed by atoms with van der Waals surface area (Å²) in [5.74, 6) is -0.235. The highest BCUT2D eigenvalue weighted by Crippen LogP contribution is 2.38. The minimum atomic E-state index is -0.760. The Morgan fingerprint density at radius 3 is 2.33 bits per heavy atom. The van der Waals surface area contributed by atoms with Gasteiger partial charge in [0.2, 0.25) is 0 Å². The molecule has 0 bridgehead atoms. The van der Waals surface area contributed by atoms with E-state index in [1.165, 1.54) is 12.5 Å². The van der Waals surface area contributed by atoms with Crippen molar-refractivity contribution >= 4 is 5.97 Å². The average molecular weight is 248 g/mol. The molecule has 1 aliphatic carbocycles. The van der Waals surface area contributed by atoms with Crippen molar-refractivity contribution in [2.45, 2.75) is 51.2 Å². The van der Waals surface area contributed by atoms with E-state index < -0.39 is 5.60 Å². The summed E-state index contributed by atoms with van der Waals surface area (Å²) >= 11 is 0. The maximum atomic E-state index is 10.9. The van der Waals surface area contributed by atoms with E-state index >= 15 is 0 Å². The lowest BCUT2D eigenvalue weighted by atomic mass is 9.78. The number of carbonyl (C=O) groups is 1. The molecular weight excluding hydrogens is 228 g/mol. The highest BCUT2D eigenvalue weighted by Gasteiger charge is 2.35. The lowest BCUT2D eigenvalue weighted by molar-refractivity contribution is -0.151. The van der Waals surface area contributed by atoms with E-state index in [1.807, 2.05) is 31.2 Å². The zero-order valence-electron chi connectivity index (χ0n) is 11.0. The Kier molecular flexibility index (Phi) is 3.71. The Bertz CT molecular complexity index is 414. The zero-order valence-corrected chi connectivity index (χ0v) is 11.0. The summed E-state index contributed by atoms with van der Waals surface area (Å²) < 4.78 is 5.19. The molecule has 0 radical (unpaired) electrons. The fraction of sp³-hybridized carbons (Fsp3) is 0.533. The molecule has 0 spiro atoms. The molecule has 0 atom stereocenters. The summed E-state index contributed by atoms with van der Waals surface area (Å²) in [5, 5.41) is 10.6. The van der Waals surface area contributed by atoms with Crippen molar-refractivity contribution in [3.8, 4) is 0 Å². The van der Waals surface area contributed by atoms with Crippen molar-refractivity contribution in [3.63, 3.8) is 0 Å². The Morgan fingerprint density at radius 1 is 1.28 bits per heavy atom. The minimum absolute atomic E-state index is 0.0341. The molecule has 1 saturated carbocycles. The normalized spacial score (nSPS) is 27.8. The predicted molar refractivity (Wildman–Crippen MR) is 69.1 cm³/mol. The van der Waals surface area contributed by atoms with E-state index in [-0.39, 0.29) is 12.1 Å². The molecule has 1 N–H and O–H groups in total. The maximum Gasteiger partial charge on any atom is 0.302 e. The van der Waals surface area contributed by atoms with Crippen LogP contribution in [0.2, 0.25) is 0 Å². The molecule has 1 aromatic rings. The summed E-state index contributed by atoms with van der Waals surface area (Å²) in [6, 6.07) is 8.01. The van der Waals surface area contributed by atoms with Crippen LogP contribution in [0.25, 0.3) is 0 Å². The van der Waals surface area contributed by atoms with Crippen molar-refractivity contribution < 1.29 is 14.6 Å². The topological polar surface area (TPSA) is 46.5 Å². The van der Waals surface area contributed by atoms with Crippen LogP contribution in [-0.2, 0) is 15.1 Å². The van der Waals surface area contributed by atoms with Crippen LogP contribution in [-0.4, -0.2) is 17.2 Å². The van der Waals surface area contributed by atoms with Crippen LogP contribution in [0.4, 0.5) is 0 Å². The third-order valence-electron chi connectivity index (χ3n) is 3.68. The number of ether oxygens (including phenoxy) is 1. The summed E-state index contributed by atoms with van der Waals surface area (Å²) in [4.78, 5) is 10.9. The first-order valence-corrected chi connectivity index (χ1v) is 6.46. The molecule has 0 aromatic heterocycles. The number of esters is 1. The molecule has 3 nitrogen and oxygen atoms in total. The van der Waals surface area contributed by atoms with Crippen molar-refractivity contribution in [2.24, 2.45) is 0 Å². The van der Waals surface area contributed by atoms with Crippen LogP contribution >= 0.6 is 0 Å². The van der Waals surface area contributed by atoms with Gasteiger partial charge < -0.3 is 9.84 Å². The fourth-order valence-electron chi connectivity index (χ4n) is 2.57. The van der Waals surface area contributed by atoms with Gasteiger partial charge in [0.05, 0.1) is 5.60 Å². The van der Waals surface area contributed by atoms with Crippen LogP contribution in [0.5, 0.6) is 0 Å². The van der Waals surface area contributed by atoms with Crippen LogP contribution in [0.15, 0.2) is 24.3 Å². The number of rotatable bonds is 2. The SMILES string of the molecule is CC(=O)OC1CCC(O)(c2ccc(C)cc2)CC1. The molecule has 98 valence electrons. The van der Waals surface area contributed by atoms with Gasteiger partial charge in [0.15, 0.2) is 0 Å². The molecule has 0 heterocycles. The largest absolute Gasteiger partial charge is 0.463 e. The molecule has 0 saturated heterocycles. The first kappa shape index (κ1) is 13.1. The van der Waals surface area contributed by atoms with E-state index in [1.54, 1.807) is 0 Å². The molecule has 1 aromatic carbocycles. The highest BCUT2D eigenvalue weighted by molar-refractivity contribution is 5.66. The molecule has 1 fully saturated rings. The van der Waals surface area contributed by atoms with Gasteiger partial charge in [-0.2, -0.15) is 0 Å². The van der Waals surface area contributed by atoms with Gasteiger partial charge in [0, 0.05) is 6.92 Å². The second-order valence-electron chi connectivity index (χ2n) is 5.21. The first-order chi connectivity index (χ1) is 8.49. The third-order valence-corrected chi connectivity index (χ3v) is 3.68. The number of carbonyl (C=O) groups excluding carboxylic acids is 1. The quantitative estimate of drug-likeness (QED) is 0.818. The number of hydrogen-bond acceptors (Lipinski definition) is 3.